The van der Waals surface area contributed by atoms with Crippen LogP contribution in [0.4, 0.5) is 16.2 Å². The van der Waals surface area contributed by atoms with Gasteiger partial charge in [-0.3, -0.25) is 24.8 Å². The van der Waals surface area contributed by atoms with Crippen LogP contribution < -0.4 is 10.6 Å². The molecule has 0 aliphatic heterocycles. The predicted molar refractivity (Wildman–Crippen MR) is 140 cm³/mol. The van der Waals surface area contributed by atoms with Gasteiger partial charge in [0.15, 0.2) is 0 Å². The first-order chi connectivity index (χ1) is 17.9. The molecule has 0 saturated heterocycles. The number of ether oxygens (including phenoxy) is 1. The maximum atomic E-state index is 13.4. The summed E-state index contributed by atoms with van der Waals surface area (Å²) in [4.78, 5) is 32.4. The highest BCUT2D eigenvalue weighted by Crippen LogP contribution is 2.47. The van der Waals surface area contributed by atoms with Crippen LogP contribution in [0.1, 0.15) is 31.9 Å². The molecule has 0 atom stereocenters. The first kappa shape index (κ1) is 30.8. The summed E-state index contributed by atoms with van der Waals surface area (Å²) in [6.45, 7) is 5.85. The van der Waals surface area contributed by atoms with E-state index in [-0.39, 0.29) is 44.0 Å². The van der Waals surface area contributed by atoms with Crippen LogP contribution in [0.2, 0.25) is 0 Å². The molecule has 0 spiro atoms. The van der Waals surface area contributed by atoms with Crippen LogP contribution >= 0.6 is 7.60 Å². The number of alkyl carbamates (subject to hydrolysis) is 1. The number of nitro benzene ring substituents is 2. The molecule has 1 amide bonds. The summed E-state index contributed by atoms with van der Waals surface area (Å²) in [5, 5.41) is 27.2. The Bertz CT molecular complexity index is 1050. The Morgan fingerprint density at radius 3 is 1.68 bits per heavy atom. The highest BCUT2D eigenvalue weighted by atomic mass is 31.2. The molecule has 0 unspecified atom stereocenters. The molecule has 0 fully saturated rings. The van der Waals surface area contributed by atoms with E-state index in [1.807, 2.05) is 0 Å². The van der Waals surface area contributed by atoms with Gasteiger partial charge in [-0.25, -0.2) is 4.79 Å². The van der Waals surface area contributed by atoms with E-state index in [2.05, 4.69) is 10.6 Å². The van der Waals surface area contributed by atoms with Gasteiger partial charge < -0.3 is 24.4 Å². The van der Waals surface area contributed by atoms with Crippen LogP contribution in [0.25, 0.3) is 0 Å². The molecule has 2 aromatic carbocycles. The minimum Gasteiger partial charge on any atom is -0.444 e. The van der Waals surface area contributed by atoms with E-state index in [1.54, 1.807) is 45.0 Å². The van der Waals surface area contributed by atoms with Crippen molar-refractivity contribution in [1.29, 1.82) is 0 Å². The lowest BCUT2D eigenvalue weighted by molar-refractivity contribution is -0.385. The minimum atomic E-state index is -3.61. The Kier molecular flexibility index (Phi) is 11.8. The number of rotatable bonds is 15. The molecule has 13 nitrogen and oxygen atoms in total. The van der Waals surface area contributed by atoms with Crippen molar-refractivity contribution in [2.24, 2.45) is 0 Å². The molecular formula is C24H33N4O9P. The Hall–Kier alpha value is -3.38. The third-order valence-electron chi connectivity index (χ3n) is 4.93. The Labute approximate surface area is 220 Å². The fourth-order valence-electron chi connectivity index (χ4n) is 3.09. The molecule has 0 aromatic heterocycles. The molecule has 208 valence electrons. The largest absolute Gasteiger partial charge is 0.444 e. The van der Waals surface area contributed by atoms with E-state index in [0.717, 1.165) is 11.1 Å². The van der Waals surface area contributed by atoms with Crippen molar-refractivity contribution in [3.05, 3.63) is 79.9 Å². The second kappa shape index (κ2) is 14.5. The molecule has 2 aromatic rings. The highest BCUT2D eigenvalue weighted by molar-refractivity contribution is 7.53. The highest BCUT2D eigenvalue weighted by Gasteiger charge is 2.24. The molecule has 0 heterocycles. The molecule has 0 radical (unpaired) electrons. The smallest absolute Gasteiger partial charge is 0.407 e. The van der Waals surface area contributed by atoms with E-state index in [9.17, 15) is 29.6 Å². The van der Waals surface area contributed by atoms with Crippen LogP contribution in [0.15, 0.2) is 48.5 Å². The second-order valence-electron chi connectivity index (χ2n) is 9.21. The lowest BCUT2D eigenvalue weighted by Gasteiger charge is -2.21. The third kappa shape index (κ3) is 11.8. The zero-order valence-corrected chi connectivity index (χ0v) is 22.5. The number of nitro groups is 2. The molecule has 0 aliphatic carbocycles. The third-order valence-corrected chi connectivity index (χ3v) is 6.69. The van der Waals surface area contributed by atoms with Gasteiger partial charge in [0.2, 0.25) is 0 Å². The van der Waals surface area contributed by atoms with Crippen LogP contribution in [-0.4, -0.2) is 54.1 Å². The van der Waals surface area contributed by atoms with Gasteiger partial charge in [0, 0.05) is 37.4 Å². The van der Waals surface area contributed by atoms with Crippen molar-refractivity contribution < 1.29 is 33.0 Å². The van der Waals surface area contributed by atoms with Gasteiger partial charge in [0.1, 0.15) is 5.60 Å². The normalized spacial score (nSPS) is 11.7. The maximum absolute atomic E-state index is 13.4. The van der Waals surface area contributed by atoms with Crippen LogP contribution in [-0.2, 0) is 31.2 Å². The van der Waals surface area contributed by atoms with Crippen LogP contribution in [0.3, 0.4) is 0 Å². The molecule has 2 N–H and O–H groups in total. The number of benzene rings is 2. The lowest BCUT2D eigenvalue weighted by atomic mass is 10.1. The molecular weight excluding hydrogens is 519 g/mol. The molecule has 0 saturated carbocycles. The SMILES string of the molecule is CC(C)(C)OC(=O)NCCNCP(=O)(OCCc1ccc([N+](=O)[O-])cc1)OCCc1ccc([N+](=O)[O-])cc1. The molecule has 0 aliphatic rings. The summed E-state index contributed by atoms with van der Waals surface area (Å²) in [5.41, 5.74) is 0.853. The summed E-state index contributed by atoms with van der Waals surface area (Å²) in [6, 6.07) is 11.9. The maximum Gasteiger partial charge on any atom is 0.407 e. The number of hydrogen-bond acceptors (Lipinski definition) is 10. The van der Waals surface area contributed by atoms with E-state index in [1.165, 1.54) is 24.3 Å². The Morgan fingerprint density at radius 1 is 0.842 bits per heavy atom. The molecule has 38 heavy (non-hydrogen) atoms. The average Bonchev–Trinajstić information content (AvgIpc) is 2.83. The summed E-state index contributed by atoms with van der Waals surface area (Å²) < 4.78 is 29.8. The summed E-state index contributed by atoms with van der Waals surface area (Å²) in [6.07, 6.45) is 0.0203. The fourth-order valence-corrected chi connectivity index (χ4v) is 4.51. The number of nitrogens with one attached hydrogen (secondary N) is 2. The fraction of sp³-hybridized carbons (Fsp3) is 0.458. The Balaban J connectivity index is 1.89. The summed E-state index contributed by atoms with van der Waals surface area (Å²) in [7, 11) is -3.61. The predicted octanol–water partition coefficient (Wildman–Crippen LogP) is 4.59. The molecule has 14 heteroatoms. The summed E-state index contributed by atoms with van der Waals surface area (Å²) in [5.74, 6) is 0. The molecule has 0 bridgehead atoms. The zero-order valence-electron chi connectivity index (χ0n) is 21.6. The van der Waals surface area contributed by atoms with E-state index < -0.39 is 29.1 Å². The number of amides is 1. The first-order valence-corrected chi connectivity index (χ1v) is 13.6. The zero-order chi connectivity index (χ0) is 28.2. The number of hydrogen-bond donors (Lipinski definition) is 2. The minimum absolute atomic E-state index is 0.0286. The lowest BCUT2D eigenvalue weighted by Crippen LogP contribution is -2.36. The van der Waals surface area contributed by atoms with E-state index in [0.29, 0.717) is 12.8 Å². The van der Waals surface area contributed by atoms with Gasteiger partial charge in [-0.2, -0.15) is 0 Å². The number of nitrogens with zero attached hydrogens (tertiary/aromatic N) is 2. The van der Waals surface area contributed by atoms with Crippen molar-refractivity contribution in [3.63, 3.8) is 0 Å². The quantitative estimate of drug-likeness (QED) is 0.138. The van der Waals surface area contributed by atoms with Gasteiger partial charge in [0.25, 0.3) is 11.4 Å². The monoisotopic (exact) mass is 552 g/mol. The van der Waals surface area contributed by atoms with Crippen molar-refractivity contribution in [2.45, 2.75) is 39.2 Å². The van der Waals surface area contributed by atoms with Crippen LogP contribution in [0.5, 0.6) is 0 Å². The van der Waals surface area contributed by atoms with Crippen molar-refractivity contribution in [2.75, 3.05) is 32.6 Å². The topological polar surface area (TPSA) is 172 Å². The number of non-ortho nitro benzene ring substituents is 2. The second-order valence-corrected chi connectivity index (χ2v) is 11.3. The van der Waals surface area contributed by atoms with Crippen molar-refractivity contribution in [3.8, 4) is 0 Å². The van der Waals surface area contributed by atoms with Crippen LogP contribution in [0, 0.1) is 20.2 Å². The Morgan fingerprint density at radius 2 is 1.29 bits per heavy atom. The van der Waals surface area contributed by atoms with Gasteiger partial charge in [-0.1, -0.05) is 24.3 Å². The van der Waals surface area contributed by atoms with Crippen molar-refractivity contribution in [1.82, 2.24) is 10.6 Å². The van der Waals surface area contributed by atoms with Crippen molar-refractivity contribution >= 4 is 25.1 Å². The van der Waals surface area contributed by atoms with Gasteiger partial charge >= 0.3 is 13.7 Å². The van der Waals surface area contributed by atoms with E-state index in [4.69, 9.17) is 13.8 Å². The van der Waals surface area contributed by atoms with Gasteiger partial charge in [-0.15, -0.1) is 0 Å². The van der Waals surface area contributed by atoms with Gasteiger partial charge in [-0.05, 0) is 44.7 Å². The van der Waals surface area contributed by atoms with E-state index >= 15 is 0 Å². The average molecular weight is 553 g/mol. The summed E-state index contributed by atoms with van der Waals surface area (Å²) >= 11 is 0. The van der Waals surface area contributed by atoms with Gasteiger partial charge in [0.05, 0.1) is 29.3 Å². The number of carbonyl (C=O) groups is 1. The number of carbonyl (C=O) groups excluding carboxylic acids is 1. The standard InChI is InChI=1S/C24H33N4O9P/c1-24(2,3)37-23(29)26-15-14-25-18-38(34,35-16-12-19-4-8-21(9-5-19)27(30)31)36-17-13-20-6-10-22(11-7-20)28(32)33/h4-11,25H,12-18H2,1-3H3,(H,26,29). The molecule has 2 rings (SSSR count). The first-order valence-electron chi connectivity index (χ1n) is 11.9.